The molecule has 1 N–H and O–H groups in total. The van der Waals surface area contributed by atoms with E-state index >= 15 is 0 Å². The molecule has 0 aromatic heterocycles. The fourth-order valence-electron chi connectivity index (χ4n) is 0.755. The molecule has 1 aliphatic heterocycles. The number of aliphatic hydroxyl groups is 1. The molecule has 0 unspecified atom stereocenters. The van der Waals surface area contributed by atoms with Crippen LogP contribution in [0.15, 0.2) is 22.3 Å². The summed E-state index contributed by atoms with van der Waals surface area (Å²) in [6, 6.07) is 0. The summed E-state index contributed by atoms with van der Waals surface area (Å²) in [6.45, 7) is 4.34. The molecule has 1 radical (unpaired) electrons. The minimum atomic E-state index is 0.210. The molecule has 0 aromatic rings. The van der Waals surface area contributed by atoms with E-state index in [0.29, 0.717) is 0 Å². The third-order valence-electron chi connectivity index (χ3n) is 1.59. The van der Waals surface area contributed by atoms with Crippen molar-refractivity contribution in [3.63, 3.8) is 0 Å². The van der Waals surface area contributed by atoms with Crippen LogP contribution in [0.1, 0.15) is 13.8 Å². The maximum atomic E-state index is 8.76. The second kappa shape index (κ2) is 2.64. The third kappa shape index (κ3) is 1.23. The maximum absolute atomic E-state index is 8.76. The molecule has 0 saturated heterocycles. The van der Waals surface area contributed by atoms with Gasteiger partial charge in [0.05, 0.1) is 6.61 Å². The van der Waals surface area contributed by atoms with Crippen LogP contribution >= 0.6 is 8.58 Å². The molecule has 0 spiro atoms. The van der Waals surface area contributed by atoms with Crippen molar-refractivity contribution in [2.75, 3.05) is 6.61 Å². The minimum Gasteiger partial charge on any atom is -0.392 e. The predicted molar refractivity (Wildman–Crippen MR) is 40.5 cm³/mol. The van der Waals surface area contributed by atoms with Gasteiger partial charge in [0.1, 0.15) is 0 Å². The standard InChI is InChI=1S/C7H10OP/c1-5-4-9-7(3-8)6(5)2/h4,8H,3H2,1-2H3. The van der Waals surface area contributed by atoms with Gasteiger partial charge >= 0.3 is 0 Å². The van der Waals surface area contributed by atoms with Gasteiger partial charge < -0.3 is 5.11 Å². The van der Waals surface area contributed by atoms with Crippen molar-refractivity contribution in [3.8, 4) is 0 Å². The molecular formula is C7H10OP. The second-order valence-corrected chi connectivity index (χ2v) is 3.23. The first kappa shape index (κ1) is 6.98. The summed E-state index contributed by atoms with van der Waals surface area (Å²) in [6.07, 6.45) is 0. The molecule has 0 amide bonds. The summed E-state index contributed by atoms with van der Waals surface area (Å²) in [7, 11) is 1.18. The van der Waals surface area contributed by atoms with Crippen molar-refractivity contribution >= 4 is 8.58 Å². The quantitative estimate of drug-likeness (QED) is 0.554. The maximum Gasteiger partial charge on any atom is 0.0695 e. The Morgan fingerprint density at radius 3 is 2.44 bits per heavy atom. The zero-order valence-electron chi connectivity index (χ0n) is 5.68. The van der Waals surface area contributed by atoms with E-state index in [1.165, 1.54) is 19.7 Å². The molecule has 1 nitrogen and oxygen atoms in total. The van der Waals surface area contributed by atoms with Gasteiger partial charge in [-0.25, -0.2) is 0 Å². The first-order chi connectivity index (χ1) is 4.25. The topological polar surface area (TPSA) is 20.2 Å². The van der Waals surface area contributed by atoms with Crippen molar-refractivity contribution in [3.05, 3.63) is 22.3 Å². The van der Waals surface area contributed by atoms with Gasteiger partial charge in [-0.2, -0.15) is 0 Å². The second-order valence-electron chi connectivity index (χ2n) is 2.17. The Kier molecular flexibility index (Phi) is 2.05. The smallest absolute Gasteiger partial charge is 0.0695 e. The lowest BCUT2D eigenvalue weighted by atomic mass is 10.1. The van der Waals surface area contributed by atoms with Crippen LogP contribution in [-0.2, 0) is 0 Å². The van der Waals surface area contributed by atoms with Gasteiger partial charge in [0.2, 0.25) is 0 Å². The summed E-state index contributed by atoms with van der Waals surface area (Å²) >= 11 is 0. The van der Waals surface area contributed by atoms with E-state index in [0.717, 1.165) is 5.31 Å². The summed E-state index contributed by atoms with van der Waals surface area (Å²) in [5, 5.41) is 9.90. The lowest BCUT2D eigenvalue weighted by molar-refractivity contribution is 0.338. The Labute approximate surface area is 57.3 Å². The Bertz CT molecular complexity index is 179. The number of allylic oxidation sites excluding steroid dienone is 2. The van der Waals surface area contributed by atoms with Gasteiger partial charge in [-0.3, -0.25) is 0 Å². The number of hydrogen-bond donors (Lipinski definition) is 1. The minimum absolute atomic E-state index is 0.210. The molecule has 49 valence electrons. The highest BCUT2D eigenvalue weighted by Gasteiger charge is 2.08. The number of aliphatic hydroxyl groups excluding tert-OH is 1. The van der Waals surface area contributed by atoms with Crippen molar-refractivity contribution in [1.29, 1.82) is 0 Å². The van der Waals surface area contributed by atoms with Crippen LogP contribution in [0.3, 0.4) is 0 Å². The molecule has 9 heavy (non-hydrogen) atoms. The van der Waals surface area contributed by atoms with E-state index in [2.05, 4.69) is 19.7 Å². The van der Waals surface area contributed by atoms with E-state index < -0.39 is 0 Å². The lowest BCUT2D eigenvalue weighted by Crippen LogP contribution is -1.84. The van der Waals surface area contributed by atoms with Crippen molar-refractivity contribution in [2.45, 2.75) is 13.8 Å². The van der Waals surface area contributed by atoms with Gasteiger partial charge in [-0.1, -0.05) is 0 Å². The number of rotatable bonds is 1. The van der Waals surface area contributed by atoms with Crippen molar-refractivity contribution < 1.29 is 5.11 Å². The predicted octanol–water partition coefficient (Wildman–Crippen LogP) is 2.12. The van der Waals surface area contributed by atoms with E-state index in [1.807, 2.05) is 0 Å². The van der Waals surface area contributed by atoms with Crippen LogP contribution in [-0.4, -0.2) is 11.7 Å². The summed E-state index contributed by atoms with van der Waals surface area (Å²) in [4.78, 5) is 0. The SMILES string of the molecule is CC1=C[P]C(CO)=C1C. The van der Waals surface area contributed by atoms with Crippen LogP contribution in [0, 0.1) is 0 Å². The highest BCUT2D eigenvalue weighted by atomic mass is 31.1. The summed E-state index contributed by atoms with van der Waals surface area (Å²) < 4.78 is 0. The monoisotopic (exact) mass is 141 g/mol. The van der Waals surface area contributed by atoms with E-state index in [9.17, 15) is 0 Å². The van der Waals surface area contributed by atoms with Crippen LogP contribution < -0.4 is 0 Å². The Morgan fingerprint density at radius 1 is 1.56 bits per heavy atom. The lowest BCUT2D eigenvalue weighted by Gasteiger charge is -1.96. The molecule has 0 atom stereocenters. The fourth-order valence-corrected chi connectivity index (χ4v) is 1.75. The van der Waals surface area contributed by atoms with E-state index in [1.54, 1.807) is 0 Å². The van der Waals surface area contributed by atoms with Gasteiger partial charge in [0.25, 0.3) is 0 Å². The van der Waals surface area contributed by atoms with E-state index in [4.69, 9.17) is 5.11 Å². The molecule has 1 heterocycles. The van der Waals surface area contributed by atoms with Gasteiger partial charge in [0, 0.05) is 0 Å². The molecule has 0 aliphatic carbocycles. The molecule has 0 aromatic carbocycles. The molecule has 1 rings (SSSR count). The summed E-state index contributed by atoms with van der Waals surface area (Å²) in [5.74, 6) is 2.13. The Morgan fingerprint density at radius 2 is 2.22 bits per heavy atom. The van der Waals surface area contributed by atoms with Crippen LogP contribution in [0.5, 0.6) is 0 Å². The van der Waals surface area contributed by atoms with E-state index in [-0.39, 0.29) is 6.61 Å². The summed E-state index contributed by atoms with van der Waals surface area (Å²) in [5.41, 5.74) is 2.57. The molecule has 0 bridgehead atoms. The van der Waals surface area contributed by atoms with Crippen LogP contribution in [0.25, 0.3) is 0 Å². The normalized spacial score (nSPS) is 21.4. The highest BCUT2D eigenvalue weighted by Crippen LogP contribution is 2.38. The average Bonchev–Trinajstić information content (AvgIpc) is 2.15. The van der Waals surface area contributed by atoms with Crippen molar-refractivity contribution in [1.82, 2.24) is 0 Å². The molecular weight excluding hydrogens is 131 g/mol. The largest absolute Gasteiger partial charge is 0.392 e. The molecule has 0 fully saturated rings. The highest BCUT2D eigenvalue weighted by molar-refractivity contribution is 7.47. The van der Waals surface area contributed by atoms with Crippen LogP contribution in [0.2, 0.25) is 0 Å². The zero-order chi connectivity index (χ0) is 6.85. The van der Waals surface area contributed by atoms with Crippen molar-refractivity contribution in [2.24, 2.45) is 0 Å². The van der Waals surface area contributed by atoms with Crippen LogP contribution in [0.4, 0.5) is 0 Å². The van der Waals surface area contributed by atoms with Gasteiger partial charge in [-0.05, 0) is 44.7 Å². The Balaban J connectivity index is 2.79. The molecule has 0 saturated carbocycles. The first-order valence-corrected chi connectivity index (χ1v) is 3.90. The fraction of sp³-hybridized carbons (Fsp3) is 0.429. The van der Waals surface area contributed by atoms with Gasteiger partial charge in [0.15, 0.2) is 0 Å². The first-order valence-electron chi connectivity index (χ1n) is 2.94. The average molecular weight is 141 g/mol. The number of hydrogen-bond acceptors (Lipinski definition) is 1. The Hall–Kier alpha value is -0.130. The molecule has 2 heteroatoms. The third-order valence-corrected chi connectivity index (χ3v) is 2.89. The zero-order valence-corrected chi connectivity index (χ0v) is 6.57. The van der Waals surface area contributed by atoms with Gasteiger partial charge in [-0.15, -0.1) is 0 Å². The molecule has 1 aliphatic rings.